The van der Waals surface area contributed by atoms with Gasteiger partial charge in [-0.25, -0.2) is 8.42 Å². The molecule has 0 aliphatic carbocycles. The number of ether oxygens (including phenoxy) is 2. The Hall–Kier alpha value is -2.91. The number of hydrogen-bond donors (Lipinski definition) is 1. The van der Waals surface area contributed by atoms with Crippen LogP contribution in [0.4, 0.5) is 5.69 Å². The Kier molecular flexibility index (Phi) is 5.90. The summed E-state index contributed by atoms with van der Waals surface area (Å²) in [5, 5.41) is 2.56. The fraction of sp³-hybridized carbons (Fsp3) is 0.300. The van der Waals surface area contributed by atoms with E-state index in [4.69, 9.17) is 9.47 Å². The average molecular weight is 418 g/mol. The molecule has 3 rings (SSSR count). The van der Waals surface area contributed by atoms with Gasteiger partial charge in [0, 0.05) is 19.9 Å². The van der Waals surface area contributed by atoms with Crippen molar-refractivity contribution >= 4 is 27.6 Å². The van der Waals surface area contributed by atoms with E-state index < -0.39 is 22.0 Å². The summed E-state index contributed by atoms with van der Waals surface area (Å²) in [6.07, 6.45) is 0.219. The highest BCUT2D eigenvalue weighted by molar-refractivity contribution is 7.89. The van der Waals surface area contributed by atoms with Crippen molar-refractivity contribution in [2.24, 2.45) is 0 Å². The summed E-state index contributed by atoms with van der Waals surface area (Å²) in [4.78, 5) is 23.8. The molecule has 0 fully saturated rings. The molecule has 0 radical (unpaired) electrons. The first-order chi connectivity index (χ1) is 13.8. The Balaban J connectivity index is 2.07. The Morgan fingerprint density at radius 3 is 2.41 bits per heavy atom. The number of rotatable bonds is 5. The molecule has 1 atom stereocenters. The van der Waals surface area contributed by atoms with Crippen molar-refractivity contribution in [3.8, 4) is 5.75 Å². The number of sulfonamides is 1. The number of benzene rings is 2. The highest BCUT2D eigenvalue weighted by Gasteiger charge is 2.40. The number of nitrogens with one attached hydrogen (secondary N) is 1. The highest BCUT2D eigenvalue weighted by Crippen LogP contribution is 2.33. The van der Waals surface area contributed by atoms with Crippen molar-refractivity contribution in [1.29, 1.82) is 0 Å². The molecule has 0 spiro atoms. The largest absolute Gasteiger partial charge is 0.495 e. The van der Waals surface area contributed by atoms with Gasteiger partial charge in [-0.15, -0.1) is 0 Å². The topological polar surface area (TPSA) is 102 Å². The van der Waals surface area contributed by atoms with Crippen LogP contribution >= 0.6 is 0 Å². The van der Waals surface area contributed by atoms with E-state index in [0.717, 1.165) is 15.4 Å². The minimum Gasteiger partial charge on any atom is -0.495 e. The highest BCUT2D eigenvalue weighted by atomic mass is 32.2. The first kappa shape index (κ1) is 20.8. The molecule has 0 bridgehead atoms. The van der Waals surface area contributed by atoms with Crippen LogP contribution in [0.2, 0.25) is 0 Å². The van der Waals surface area contributed by atoms with Gasteiger partial charge in [0.2, 0.25) is 15.9 Å². The molecule has 0 aromatic heterocycles. The zero-order chi connectivity index (χ0) is 21.2. The van der Waals surface area contributed by atoms with Gasteiger partial charge in [0.15, 0.2) is 0 Å². The van der Waals surface area contributed by atoms with Gasteiger partial charge >= 0.3 is 5.97 Å². The molecule has 8 nitrogen and oxygen atoms in total. The summed E-state index contributed by atoms with van der Waals surface area (Å²) in [6, 6.07) is 10.6. The number of hydrogen-bond acceptors (Lipinski definition) is 6. The lowest BCUT2D eigenvalue weighted by Gasteiger charge is -2.34. The molecule has 1 heterocycles. The van der Waals surface area contributed by atoms with Crippen LogP contribution in [0.3, 0.4) is 0 Å². The van der Waals surface area contributed by atoms with Crippen LogP contribution in [0.5, 0.6) is 5.75 Å². The zero-order valence-electron chi connectivity index (χ0n) is 16.3. The van der Waals surface area contributed by atoms with Crippen LogP contribution in [0.15, 0.2) is 47.4 Å². The Morgan fingerprint density at radius 1 is 1.10 bits per heavy atom. The second-order valence-corrected chi connectivity index (χ2v) is 8.50. The van der Waals surface area contributed by atoms with Crippen LogP contribution in [-0.2, 0) is 37.3 Å². The molecule has 154 valence electrons. The number of fused-ring (bicyclic) bond motifs is 1. The summed E-state index contributed by atoms with van der Waals surface area (Å²) in [5.74, 6) is -0.663. The Bertz CT molecular complexity index is 1050. The standard InChI is InChI=1S/C20H22N2O6S/c1-13(23)21-17-11-16(8-9-19(17)27-2)29(25,26)22-12-15-7-5-4-6-14(15)10-18(22)20(24)28-3/h4-9,11,18H,10,12H2,1-3H3,(H,21,23)/t18-/m0/s1. The molecule has 0 saturated heterocycles. The minimum absolute atomic E-state index is 0.0414. The van der Waals surface area contributed by atoms with Gasteiger partial charge in [-0.2, -0.15) is 4.31 Å². The van der Waals surface area contributed by atoms with Crippen molar-refractivity contribution in [1.82, 2.24) is 4.31 Å². The molecule has 2 aromatic carbocycles. The molecule has 0 saturated carbocycles. The zero-order valence-corrected chi connectivity index (χ0v) is 17.2. The van der Waals surface area contributed by atoms with E-state index in [0.29, 0.717) is 5.75 Å². The molecule has 29 heavy (non-hydrogen) atoms. The van der Waals surface area contributed by atoms with Crippen LogP contribution < -0.4 is 10.1 Å². The fourth-order valence-electron chi connectivity index (χ4n) is 3.36. The lowest BCUT2D eigenvalue weighted by atomic mass is 9.96. The van der Waals surface area contributed by atoms with Gasteiger partial charge in [0.1, 0.15) is 11.8 Å². The van der Waals surface area contributed by atoms with Crippen LogP contribution in [0.25, 0.3) is 0 Å². The number of carbonyl (C=O) groups is 2. The van der Waals surface area contributed by atoms with Crippen molar-refractivity contribution in [2.45, 2.75) is 30.8 Å². The molecule has 0 unspecified atom stereocenters. The summed E-state index contributed by atoms with van der Waals surface area (Å²) < 4.78 is 38.0. The molecular formula is C20H22N2O6S. The second kappa shape index (κ2) is 8.22. The smallest absolute Gasteiger partial charge is 0.324 e. The molecule has 9 heteroatoms. The van der Waals surface area contributed by atoms with Gasteiger partial charge in [-0.05, 0) is 29.3 Å². The number of nitrogens with zero attached hydrogens (tertiary/aromatic N) is 1. The van der Waals surface area contributed by atoms with Gasteiger partial charge in [-0.3, -0.25) is 9.59 Å². The number of anilines is 1. The van der Waals surface area contributed by atoms with Gasteiger partial charge < -0.3 is 14.8 Å². The van der Waals surface area contributed by atoms with Gasteiger partial charge in [0.05, 0.1) is 24.8 Å². The lowest BCUT2D eigenvalue weighted by molar-refractivity contribution is -0.145. The first-order valence-corrected chi connectivity index (χ1v) is 10.3. The molecule has 1 amide bonds. The molecule has 1 aliphatic heterocycles. The molecule has 1 aliphatic rings. The van der Waals surface area contributed by atoms with E-state index in [1.165, 1.54) is 39.3 Å². The predicted octanol–water partition coefficient (Wildman–Crippen LogP) is 1.94. The van der Waals surface area contributed by atoms with E-state index in [1.54, 1.807) is 0 Å². The van der Waals surface area contributed by atoms with Crippen molar-refractivity contribution in [2.75, 3.05) is 19.5 Å². The number of methoxy groups -OCH3 is 2. The van der Waals surface area contributed by atoms with E-state index in [-0.39, 0.29) is 29.5 Å². The Morgan fingerprint density at radius 2 is 1.79 bits per heavy atom. The molecular weight excluding hydrogens is 396 g/mol. The lowest BCUT2D eigenvalue weighted by Crippen LogP contribution is -2.49. The van der Waals surface area contributed by atoms with E-state index in [2.05, 4.69) is 5.32 Å². The Labute approximate surface area is 169 Å². The maximum atomic E-state index is 13.4. The van der Waals surface area contributed by atoms with E-state index in [9.17, 15) is 18.0 Å². The fourth-order valence-corrected chi connectivity index (χ4v) is 4.94. The summed E-state index contributed by atoms with van der Waals surface area (Å²) in [6.45, 7) is 1.36. The van der Waals surface area contributed by atoms with E-state index in [1.807, 2.05) is 24.3 Å². The normalized spacial score (nSPS) is 16.6. The van der Waals surface area contributed by atoms with E-state index >= 15 is 0 Å². The number of carbonyl (C=O) groups excluding carboxylic acids is 2. The monoisotopic (exact) mass is 418 g/mol. The van der Waals surface area contributed by atoms with Crippen molar-refractivity contribution < 1.29 is 27.5 Å². The first-order valence-electron chi connectivity index (χ1n) is 8.90. The second-order valence-electron chi connectivity index (χ2n) is 6.61. The summed E-state index contributed by atoms with van der Waals surface area (Å²) >= 11 is 0. The third-order valence-corrected chi connectivity index (χ3v) is 6.62. The maximum Gasteiger partial charge on any atom is 0.324 e. The quantitative estimate of drug-likeness (QED) is 0.745. The molecule has 2 aromatic rings. The van der Waals surface area contributed by atoms with Crippen molar-refractivity contribution in [3.05, 3.63) is 53.6 Å². The average Bonchev–Trinajstić information content (AvgIpc) is 2.71. The number of amides is 1. The summed E-state index contributed by atoms with van der Waals surface area (Å²) in [7, 11) is -1.41. The SMILES string of the molecule is COC(=O)[C@@H]1Cc2ccccc2CN1S(=O)(=O)c1ccc(OC)c(NC(C)=O)c1. The van der Waals surface area contributed by atoms with Crippen LogP contribution in [0, 0.1) is 0 Å². The minimum atomic E-state index is -4.07. The van der Waals surface area contributed by atoms with Crippen LogP contribution in [0.1, 0.15) is 18.1 Å². The van der Waals surface area contributed by atoms with Crippen LogP contribution in [-0.4, -0.2) is 44.9 Å². The maximum absolute atomic E-state index is 13.4. The van der Waals surface area contributed by atoms with Crippen molar-refractivity contribution in [3.63, 3.8) is 0 Å². The number of esters is 1. The van der Waals surface area contributed by atoms with Gasteiger partial charge in [-0.1, -0.05) is 24.3 Å². The third-order valence-electron chi connectivity index (χ3n) is 4.77. The predicted molar refractivity (Wildman–Crippen MR) is 106 cm³/mol. The van der Waals surface area contributed by atoms with Gasteiger partial charge in [0.25, 0.3) is 0 Å². The molecule has 1 N–H and O–H groups in total. The summed E-state index contributed by atoms with van der Waals surface area (Å²) in [5.41, 5.74) is 1.96. The third kappa shape index (κ3) is 4.10.